The predicted molar refractivity (Wildman–Crippen MR) is 80.8 cm³/mol. The molecular formula is C15H15F3N2O3S. The van der Waals surface area contributed by atoms with Gasteiger partial charge in [-0.15, -0.1) is 11.3 Å². The summed E-state index contributed by atoms with van der Waals surface area (Å²) >= 11 is 0.644. The summed E-state index contributed by atoms with van der Waals surface area (Å²) in [4.78, 5) is 20.3. The third-order valence-corrected chi connectivity index (χ3v) is 4.24. The second-order valence-corrected chi connectivity index (χ2v) is 5.99. The molecule has 0 bridgehead atoms. The van der Waals surface area contributed by atoms with Gasteiger partial charge in [-0.3, -0.25) is 9.63 Å². The summed E-state index contributed by atoms with van der Waals surface area (Å²) in [7, 11) is 0. The fraction of sp³-hybridized carbons (Fsp3) is 0.333. The number of hydroxylamine groups is 1. The Balaban J connectivity index is 2.00. The average molecular weight is 360 g/mol. The highest BCUT2D eigenvalue weighted by molar-refractivity contribution is 7.09. The molecule has 0 aliphatic heterocycles. The van der Waals surface area contributed by atoms with Gasteiger partial charge >= 0.3 is 6.18 Å². The van der Waals surface area contributed by atoms with Gasteiger partial charge in [0.15, 0.2) is 0 Å². The lowest BCUT2D eigenvalue weighted by atomic mass is 9.99. The Labute approximate surface area is 140 Å². The molecule has 2 N–H and O–H groups in total. The Morgan fingerprint density at radius 1 is 1.33 bits per heavy atom. The van der Waals surface area contributed by atoms with E-state index < -0.39 is 29.1 Å². The summed E-state index contributed by atoms with van der Waals surface area (Å²) in [6.07, 6.45) is -6.29. The zero-order valence-electron chi connectivity index (χ0n) is 12.6. The molecule has 5 nitrogen and oxygen atoms in total. The highest BCUT2D eigenvalue weighted by atomic mass is 32.1. The quantitative estimate of drug-likeness (QED) is 0.777. The van der Waals surface area contributed by atoms with E-state index in [9.17, 15) is 23.1 Å². The minimum atomic E-state index is -5.05. The van der Waals surface area contributed by atoms with Gasteiger partial charge in [0.1, 0.15) is 5.01 Å². The molecule has 9 heteroatoms. The van der Waals surface area contributed by atoms with Crippen LogP contribution in [0.25, 0.3) is 0 Å². The molecule has 1 heterocycles. The van der Waals surface area contributed by atoms with Crippen molar-refractivity contribution in [1.82, 2.24) is 10.5 Å². The molecular weight excluding hydrogens is 345 g/mol. The molecule has 1 atom stereocenters. The summed E-state index contributed by atoms with van der Waals surface area (Å²) in [5, 5.41) is 10.8. The second kappa shape index (κ2) is 7.29. The zero-order chi connectivity index (χ0) is 17.8. The van der Waals surface area contributed by atoms with Crippen LogP contribution in [-0.4, -0.2) is 22.2 Å². The molecule has 2 aromatic rings. The van der Waals surface area contributed by atoms with Crippen LogP contribution in [0.3, 0.4) is 0 Å². The molecule has 130 valence electrons. The Hall–Kier alpha value is -1.97. The standard InChI is InChI=1S/C15H15F3N2O3S/c1-10-9-24-13(19-10)14(22,15(16,17)18)7-12(21)20-23-8-11-5-3-2-4-6-11/h2-6,9,22H,7-8H2,1H3,(H,20,21)/t14-/m0/s1. The van der Waals surface area contributed by atoms with Crippen molar-refractivity contribution in [3.63, 3.8) is 0 Å². The van der Waals surface area contributed by atoms with Crippen LogP contribution >= 0.6 is 11.3 Å². The van der Waals surface area contributed by atoms with E-state index in [1.165, 1.54) is 12.3 Å². The Morgan fingerprint density at radius 2 is 2.00 bits per heavy atom. The van der Waals surface area contributed by atoms with Crippen molar-refractivity contribution >= 4 is 17.2 Å². The maximum Gasteiger partial charge on any atom is 0.424 e. The van der Waals surface area contributed by atoms with Crippen LogP contribution in [0.2, 0.25) is 0 Å². The number of alkyl halides is 3. The highest BCUT2D eigenvalue weighted by Gasteiger charge is 2.58. The van der Waals surface area contributed by atoms with Crippen molar-refractivity contribution in [1.29, 1.82) is 0 Å². The smallest absolute Gasteiger partial charge is 0.374 e. The fourth-order valence-electron chi connectivity index (χ4n) is 1.88. The number of benzene rings is 1. The van der Waals surface area contributed by atoms with Crippen LogP contribution in [0.4, 0.5) is 13.2 Å². The number of carbonyl (C=O) groups excluding carboxylic acids is 1. The largest absolute Gasteiger partial charge is 0.424 e. The third-order valence-electron chi connectivity index (χ3n) is 3.13. The van der Waals surface area contributed by atoms with Gasteiger partial charge in [-0.05, 0) is 12.5 Å². The van der Waals surface area contributed by atoms with Crippen molar-refractivity contribution in [2.75, 3.05) is 0 Å². The van der Waals surface area contributed by atoms with E-state index in [2.05, 4.69) is 4.98 Å². The Morgan fingerprint density at radius 3 is 2.54 bits per heavy atom. The van der Waals surface area contributed by atoms with Gasteiger partial charge in [0, 0.05) is 11.1 Å². The fourth-order valence-corrected chi connectivity index (χ4v) is 2.80. The molecule has 0 aliphatic carbocycles. The predicted octanol–water partition coefficient (Wildman–Crippen LogP) is 2.84. The van der Waals surface area contributed by atoms with Crippen LogP contribution in [0, 0.1) is 6.92 Å². The number of aromatic nitrogens is 1. The number of hydrogen-bond donors (Lipinski definition) is 2. The number of nitrogens with one attached hydrogen (secondary N) is 1. The average Bonchev–Trinajstić information content (AvgIpc) is 2.94. The Kier molecular flexibility index (Phi) is 5.58. The highest BCUT2D eigenvalue weighted by Crippen LogP contribution is 2.42. The van der Waals surface area contributed by atoms with Gasteiger partial charge in [-0.2, -0.15) is 13.2 Å². The van der Waals surface area contributed by atoms with Gasteiger partial charge in [0.25, 0.3) is 0 Å². The van der Waals surface area contributed by atoms with Crippen LogP contribution in [0.5, 0.6) is 0 Å². The second-order valence-electron chi connectivity index (χ2n) is 5.13. The number of rotatable bonds is 6. The van der Waals surface area contributed by atoms with Crippen LogP contribution in [0.1, 0.15) is 22.7 Å². The number of nitrogens with zero attached hydrogens (tertiary/aromatic N) is 1. The number of aliphatic hydroxyl groups is 1. The van der Waals surface area contributed by atoms with E-state index in [1.807, 2.05) is 5.48 Å². The third kappa shape index (κ3) is 4.31. The van der Waals surface area contributed by atoms with Gasteiger partial charge in [0.2, 0.25) is 11.5 Å². The first-order valence-corrected chi connectivity index (χ1v) is 7.76. The van der Waals surface area contributed by atoms with Crippen molar-refractivity contribution in [2.45, 2.75) is 31.7 Å². The van der Waals surface area contributed by atoms with Gasteiger partial charge in [-0.25, -0.2) is 10.5 Å². The summed E-state index contributed by atoms with van der Waals surface area (Å²) in [6.45, 7) is 1.49. The number of thiazole rings is 1. The number of halogens is 3. The lowest BCUT2D eigenvalue weighted by Gasteiger charge is -2.27. The van der Waals surface area contributed by atoms with E-state index in [0.29, 0.717) is 17.0 Å². The molecule has 0 saturated carbocycles. The SMILES string of the molecule is Cc1csc([C@@](O)(CC(=O)NOCc2ccccc2)C(F)(F)F)n1. The molecule has 1 amide bonds. The maximum absolute atomic E-state index is 13.2. The molecule has 2 rings (SSSR count). The first-order chi connectivity index (χ1) is 11.2. The van der Waals surface area contributed by atoms with E-state index in [1.54, 1.807) is 30.3 Å². The number of hydrogen-bond acceptors (Lipinski definition) is 5. The molecule has 0 radical (unpaired) electrons. The van der Waals surface area contributed by atoms with E-state index in [0.717, 1.165) is 5.56 Å². The summed E-state index contributed by atoms with van der Waals surface area (Å²) in [5.74, 6) is -1.10. The number of amides is 1. The van der Waals surface area contributed by atoms with E-state index in [4.69, 9.17) is 4.84 Å². The monoisotopic (exact) mass is 360 g/mol. The molecule has 0 fully saturated rings. The minimum absolute atomic E-state index is 0.00656. The van der Waals surface area contributed by atoms with Crippen molar-refractivity contribution in [3.05, 3.63) is 52.0 Å². The van der Waals surface area contributed by atoms with Gasteiger partial charge in [0.05, 0.1) is 13.0 Å². The molecule has 0 aliphatic rings. The number of carbonyl (C=O) groups is 1. The summed E-state index contributed by atoms with van der Waals surface area (Å²) in [6, 6.07) is 8.77. The van der Waals surface area contributed by atoms with Crippen molar-refractivity contribution in [3.8, 4) is 0 Å². The molecule has 0 spiro atoms. The maximum atomic E-state index is 13.2. The van der Waals surface area contributed by atoms with Crippen molar-refractivity contribution in [2.24, 2.45) is 0 Å². The van der Waals surface area contributed by atoms with E-state index >= 15 is 0 Å². The number of aryl methyl sites for hydroxylation is 1. The molecule has 1 aromatic carbocycles. The summed E-state index contributed by atoms with van der Waals surface area (Å²) in [5.41, 5.74) is -0.374. The topological polar surface area (TPSA) is 71.5 Å². The lowest BCUT2D eigenvalue weighted by Crippen LogP contribution is -2.46. The molecule has 24 heavy (non-hydrogen) atoms. The molecule has 1 aromatic heterocycles. The first kappa shape index (κ1) is 18.4. The van der Waals surface area contributed by atoms with Gasteiger partial charge in [-0.1, -0.05) is 30.3 Å². The minimum Gasteiger partial charge on any atom is -0.374 e. The zero-order valence-corrected chi connectivity index (χ0v) is 13.4. The van der Waals surface area contributed by atoms with Crippen LogP contribution < -0.4 is 5.48 Å². The summed E-state index contributed by atoms with van der Waals surface area (Å²) < 4.78 is 39.7. The van der Waals surface area contributed by atoms with Crippen molar-refractivity contribution < 1.29 is 27.9 Å². The van der Waals surface area contributed by atoms with Crippen LogP contribution in [0.15, 0.2) is 35.7 Å². The normalized spacial score (nSPS) is 14.2. The van der Waals surface area contributed by atoms with E-state index in [-0.39, 0.29) is 6.61 Å². The van der Waals surface area contributed by atoms with Crippen LogP contribution in [-0.2, 0) is 21.8 Å². The Bertz CT molecular complexity index is 691. The first-order valence-electron chi connectivity index (χ1n) is 6.88. The molecule has 0 saturated heterocycles. The lowest BCUT2D eigenvalue weighted by molar-refractivity contribution is -0.268. The van der Waals surface area contributed by atoms with Gasteiger partial charge < -0.3 is 5.11 Å². The molecule has 0 unspecified atom stereocenters.